The summed E-state index contributed by atoms with van der Waals surface area (Å²) in [6.45, 7) is 17.5. The molecule has 7 atom stereocenters. The van der Waals surface area contributed by atoms with Crippen LogP contribution < -0.4 is 16.0 Å². The monoisotopic (exact) mass is 812 g/mol. The van der Waals surface area contributed by atoms with E-state index in [1.54, 1.807) is 42.5 Å². The summed E-state index contributed by atoms with van der Waals surface area (Å²) in [5.74, 6) is -0.281. The zero-order chi connectivity index (χ0) is 41.6. The van der Waals surface area contributed by atoms with E-state index in [-0.39, 0.29) is 60.1 Å². The molecule has 1 aromatic carbocycles. The summed E-state index contributed by atoms with van der Waals surface area (Å²) < 4.78 is 11.1. The number of ether oxygens (including phenoxy) is 2. The van der Waals surface area contributed by atoms with Crippen molar-refractivity contribution in [3.8, 4) is 0 Å². The quantitative estimate of drug-likeness (QED) is 0.126. The number of carbonyl (C=O) groups excluding carboxylic acids is 4. The average Bonchev–Trinajstić information content (AvgIpc) is 3.56. The zero-order valence-electron chi connectivity index (χ0n) is 34.5. The number of hydrogen-bond acceptors (Lipinski definition) is 11. The van der Waals surface area contributed by atoms with Gasteiger partial charge in [-0.25, -0.2) is 4.79 Å². The molecule has 5 N–H and O–H groups in total. The first-order valence-corrected chi connectivity index (χ1v) is 21.3. The molecule has 9 rings (SSSR count). The number of fused-ring (bicyclic) bond motifs is 1. The third-order valence-electron chi connectivity index (χ3n) is 14.6. The smallest absolute Gasteiger partial charge is 0.343 e. The molecule has 59 heavy (non-hydrogen) atoms. The summed E-state index contributed by atoms with van der Waals surface area (Å²) in [6, 6.07) is 6.46. The lowest BCUT2D eigenvalue weighted by Crippen LogP contribution is -2.71. The van der Waals surface area contributed by atoms with E-state index in [1.165, 1.54) is 0 Å². The summed E-state index contributed by atoms with van der Waals surface area (Å²) in [5, 5.41) is 31.4. The van der Waals surface area contributed by atoms with Crippen molar-refractivity contribution in [3.63, 3.8) is 0 Å². The highest BCUT2D eigenvalue weighted by molar-refractivity contribution is 6.03. The van der Waals surface area contributed by atoms with Gasteiger partial charge in [0.05, 0.1) is 44.2 Å². The van der Waals surface area contributed by atoms with Crippen molar-refractivity contribution in [1.82, 2.24) is 25.3 Å². The van der Waals surface area contributed by atoms with Crippen LogP contribution in [-0.2, 0) is 28.7 Å². The summed E-state index contributed by atoms with van der Waals surface area (Å²) in [5.41, 5.74) is 1.44. The van der Waals surface area contributed by atoms with Crippen LogP contribution in [0.1, 0.15) is 52.0 Å². The lowest BCUT2D eigenvalue weighted by molar-refractivity contribution is -0.150. The highest BCUT2D eigenvalue weighted by Crippen LogP contribution is 2.61. The fourth-order valence-electron chi connectivity index (χ4n) is 11.4. The van der Waals surface area contributed by atoms with Crippen molar-refractivity contribution < 1.29 is 38.9 Å². The number of morpholine rings is 1. The number of anilines is 1. The number of aliphatic hydroxyl groups is 2. The van der Waals surface area contributed by atoms with Crippen LogP contribution in [0.5, 0.6) is 0 Å². The summed E-state index contributed by atoms with van der Waals surface area (Å²) in [6.07, 6.45) is 8.13. The fraction of sp³-hybridized carbons (Fsp3) is 0.600. The highest BCUT2D eigenvalue weighted by Gasteiger charge is 2.59. The third kappa shape index (κ3) is 8.32. The Kier molecular flexibility index (Phi) is 11.8. The highest BCUT2D eigenvalue weighted by atomic mass is 16.5. The molecule has 318 valence electrons. The number of carbonyl (C=O) groups is 4. The molecule has 0 radical (unpaired) electrons. The van der Waals surface area contributed by atoms with Crippen molar-refractivity contribution in [3.05, 3.63) is 71.5 Å². The van der Waals surface area contributed by atoms with E-state index in [4.69, 9.17) is 9.47 Å². The molecular weight excluding hydrogens is 753 g/mol. The average molecular weight is 813 g/mol. The van der Waals surface area contributed by atoms with E-state index >= 15 is 0 Å². The van der Waals surface area contributed by atoms with Crippen molar-refractivity contribution in [2.75, 3.05) is 71.1 Å². The van der Waals surface area contributed by atoms with Crippen molar-refractivity contribution in [2.45, 2.75) is 70.7 Å². The van der Waals surface area contributed by atoms with Gasteiger partial charge in [0.1, 0.15) is 12.2 Å². The van der Waals surface area contributed by atoms with Crippen LogP contribution >= 0.6 is 0 Å². The molecule has 6 aliphatic heterocycles. The van der Waals surface area contributed by atoms with Crippen LogP contribution in [0.3, 0.4) is 0 Å². The lowest BCUT2D eigenvalue weighted by atomic mass is 9.45. The van der Waals surface area contributed by atoms with Crippen molar-refractivity contribution in [1.29, 1.82) is 0 Å². The Morgan fingerprint density at radius 2 is 1.71 bits per heavy atom. The van der Waals surface area contributed by atoms with Gasteiger partial charge in [-0.15, -0.1) is 0 Å². The van der Waals surface area contributed by atoms with E-state index < -0.39 is 23.5 Å². The van der Waals surface area contributed by atoms with Gasteiger partial charge in [-0.3, -0.25) is 29.5 Å². The number of benzene rings is 1. The van der Waals surface area contributed by atoms with Gasteiger partial charge in [-0.05, 0) is 67.4 Å². The van der Waals surface area contributed by atoms with Crippen LogP contribution in [-0.4, -0.2) is 139 Å². The van der Waals surface area contributed by atoms with E-state index in [1.807, 2.05) is 24.8 Å². The van der Waals surface area contributed by atoms with E-state index in [9.17, 15) is 29.4 Å². The first-order valence-electron chi connectivity index (χ1n) is 21.3. The Balaban J connectivity index is 0.916. The molecule has 2 aliphatic carbocycles. The normalized spacial score (nSPS) is 37.6. The number of nitrogens with one attached hydrogen (secondary N) is 3. The third-order valence-corrected chi connectivity index (χ3v) is 14.6. The van der Waals surface area contributed by atoms with Gasteiger partial charge < -0.3 is 35.2 Å². The maximum Gasteiger partial charge on any atom is 0.343 e. The number of aliphatic hydroxyl groups excluding tert-OH is 2. The first-order chi connectivity index (χ1) is 28.2. The summed E-state index contributed by atoms with van der Waals surface area (Å²) in [7, 11) is 0. The lowest BCUT2D eigenvalue weighted by Gasteiger charge is -2.61. The van der Waals surface area contributed by atoms with E-state index in [2.05, 4.69) is 39.3 Å². The maximum absolute atomic E-state index is 13.4. The Hall–Kier alpha value is -4.18. The predicted octanol–water partition coefficient (Wildman–Crippen LogP) is 2.27. The molecule has 6 heterocycles. The van der Waals surface area contributed by atoms with Crippen LogP contribution in [0.4, 0.5) is 5.69 Å². The summed E-state index contributed by atoms with van der Waals surface area (Å²) in [4.78, 5) is 58.9. The minimum Gasteiger partial charge on any atom is -0.423 e. The van der Waals surface area contributed by atoms with Gasteiger partial charge in [-0.2, -0.15) is 0 Å². The minimum absolute atomic E-state index is 0.00285. The summed E-state index contributed by atoms with van der Waals surface area (Å²) >= 11 is 0. The van der Waals surface area contributed by atoms with Crippen LogP contribution in [0.15, 0.2) is 66.0 Å². The van der Waals surface area contributed by atoms with Gasteiger partial charge in [0.25, 0.3) is 0 Å². The molecule has 5 saturated heterocycles. The molecular formula is C45H60N6O8. The number of cyclic esters (lactones) is 1. The van der Waals surface area contributed by atoms with Gasteiger partial charge >= 0.3 is 5.97 Å². The molecule has 8 aliphatic rings. The molecule has 1 aromatic rings. The van der Waals surface area contributed by atoms with Crippen molar-refractivity contribution in [2.24, 2.45) is 34.5 Å². The molecule has 2 saturated carbocycles. The molecule has 14 heteroatoms. The number of rotatable bonds is 11. The number of nitrogens with zero attached hydrogens (tertiary/aromatic N) is 3. The molecule has 4 unspecified atom stereocenters. The topological polar surface area (TPSA) is 173 Å². The van der Waals surface area contributed by atoms with Gasteiger partial charge in [-0.1, -0.05) is 50.3 Å². The minimum atomic E-state index is -0.767. The molecule has 7 fully saturated rings. The predicted molar refractivity (Wildman–Crippen MR) is 221 cm³/mol. The van der Waals surface area contributed by atoms with Crippen molar-refractivity contribution >= 4 is 35.5 Å². The van der Waals surface area contributed by atoms with E-state index in [0.29, 0.717) is 74.4 Å². The van der Waals surface area contributed by atoms with Crippen LogP contribution in [0.25, 0.3) is 6.08 Å². The Morgan fingerprint density at radius 1 is 1.03 bits per heavy atom. The molecule has 4 bridgehead atoms. The van der Waals surface area contributed by atoms with Gasteiger partial charge in [0, 0.05) is 80.2 Å². The SMILES string of the molecule is C=C1C(NC(C)C(=O)N2CCOCC2)CC2[C@](C)(CC[C@@H](O)[C@@]2(C)CO)C1/C=C/C1=CC(=C\c2ccc(NC(=O)CC(=O)NC3C4CN5CC3CN(C4)C5)cc2)/OC1=O. The zero-order valence-corrected chi connectivity index (χ0v) is 34.5. The van der Waals surface area contributed by atoms with Crippen LogP contribution in [0.2, 0.25) is 0 Å². The molecule has 0 aromatic heterocycles. The second-order valence-electron chi connectivity index (χ2n) is 18.5. The van der Waals surface area contributed by atoms with Crippen LogP contribution in [0, 0.1) is 34.5 Å². The Labute approximate surface area is 346 Å². The Morgan fingerprint density at radius 3 is 2.37 bits per heavy atom. The van der Waals surface area contributed by atoms with Gasteiger partial charge in [0.15, 0.2) is 0 Å². The molecule has 14 nitrogen and oxygen atoms in total. The maximum atomic E-state index is 13.4. The first kappa shape index (κ1) is 41.5. The van der Waals surface area contributed by atoms with Gasteiger partial charge in [0.2, 0.25) is 17.7 Å². The number of amides is 3. The largest absolute Gasteiger partial charge is 0.423 e. The second-order valence-corrected chi connectivity index (χ2v) is 18.5. The second kappa shape index (κ2) is 16.7. The molecule has 0 spiro atoms. The Bertz CT molecular complexity index is 1900. The fourth-order valence-corrected chi connectivity index (χ4v) is 11.4. The number of hydrogen-bond donors (Lipinski definition) is 5. The number of allylic oxidation sites excluding steroid dienone is 2. The van der Waals surface area contributed by atoms with E-state index in [0.717, 1.165) is 44.0 Å². The standard InChI is InChI=1S/C45H60N6O8/c1-27-35(44(3)12-11-38(53)45(4,25-52)37(44)19-36(27)46-28(2)42(56)51-13-15-58-16-14-51)10-7-30-18-34(59-43(30)57)17-29-5-8-33(9-6-29)47-39(54)20-40(55)48-41-31-21-49-23-32(41)24-50(22-31)26-49/h5-10,17-18,28,31-32,35-38,41,46,52-53H,1,11-16,19-26H2,2-4H3,(H,47,54)(H,48,55)/b10-7+,34-17+/t28?,31?,32?,35?,36?,37?,38-,41?,44-,45+/m1/s1. The number of esters is 1. The number of piperidine rings is 2. The molecule has 3 amide bonds.